The zero-order chi connectivity index (χ0) is 18.7. The van der Waals surface area contributed by atoms with Gasteiger partial charge in [0.05, 0.1) is 25.2 Å². The van der Waals surface area contributed by atoms with Crippen molar-refractivity contribution in [1.82, 2.24) is 0 Å². The minimum absolute atomic E-state index is 0.203. The van der Waals surface area contributed by atoms with Crippen molar-refractivity contribution < 1.29 is 24.2 Å². The Labute approximate surface area is 155 Å². The van der Waals surface area contributed by atoms with Gasteiger partial charge in [0.2, 0.25) is 5.91 Å². The normalized spacial score (nSPS) is 16.2. The summed E-state index contributed by atoms with van der Waals surface area (Å²) in [5.74, 6) is -0.0198. The van der Waals surface area contributed by atoms with E-state index in [9.17, 15) is 14.7 Å². The summed E-state index contributed by atoms with van der Waals surface area (Å²) >= 11 is 1.46. The zero-order valence-electron chi connectivity index (χ0n) is 14.5. The SMILES string of the molecule is COc1ccc(CC2Sc3ccccc3N(CC(=O)O)C2=O)cc1OC. The zero-order valence-corrected chi connectivity index (χ0v) is 15.3. The fourth-order valence-electron chi connectivity index (χ4n) is 2.93. The number of carboxylic acid groups (broad SMARTS) is 1. The third-order valence-corrected chi connectivity index (χ3v) is 5.38. The molecule has 136 valence electrons. The lowest BCUT2D eigenvalue weighted by atomic mass is 10.1. The first-order valence-corrected chi connectivity index (χ1v) is 8.91. The van der Waals surface area contributed by atoms with Crippen LogP contribution in [0.2, 0.25) is 0 Å². The van der Waals surface area contributed by atoms with Crippen molar-refractivity contribution in [3.05, 3.63) is 48.0 Å². The monoisotopic (exact) mass is 373 g/mol. The molecule has 1 heterocycles. The van der Waals surface area contributed by atoms with E-state index < -0.39 is 11.2 Å². The van der Waals surface area contributed by atoms with Crippen LogP contribution in [-0.2, 0) is 16.0 Å². The molecule has 0 bridgehead atoms. The van der Waals surface area contributed by atoms with E-state index in [4.69, 9.17) is 9.47 Å². The number of thioether (sulfide) groups is 1. The lowest BCUT2D eigenvalue weighted by molar-refractivity contribution is -0.136. The third-order valence-electron chi connectivity index (χ3n) is 4.13. The molecule has 0 radical (unpaired) electrons. The summed E-state index contributed by atoms with van der Waals surface area (Å²) in [6.45, 7) is -0.348. The van der Waals surface area contributed by atoms with Gasteiger partial charge in [-0.1, -0.05) is 18.2 Å². The number of hydrogen-bond donors (Lipinski definition) is 1. The highest BCUT2D eigenvalue weighted by Gasteiger charge is 2.34. The molecule has 2 aromatic rings. The standard InChI is InChI=1S/C19H19NO5S/c1-24-14-8-7-12(9-15(14)25-2)10-17-19(23)20(11-18(21)22)13-5-3-4-6-16(13)26-17/h3-9,17H,10-11H2,1-2H3,(H,21,22). The fraction of sp³-hybridized carbons (Fsp3) is 0.263. The van der Waals surface area contributed by atoms with E-state index in [0.717, 1.165) is 10.5 Å². The van der Waals surface area contributed by atoms with Crippen molar-refractivity contribution in [1.29, 1.82) is 0 Å². The molecule has 3 rings (SSSR count). The Balaban J connectivity index is 1.89. The number of nitrogens with zero attached hydrogens (tertiary/aromatic N) is 1. The number of anilines is 1. The smallest absolute Gasteiger partial charge is 0.323 e. The van der Waals surface area contributed by atoms with Crippen molar-refractivity contribution in [2.45, 2.75) is 16.6 Å². The van der Waals surface area contributed by atoms with Gasteiger partial charge in [0, 0.05) is 4.90 Å². The highest BCUT2D eigenvalue weighted by atomic mass is 32.2. The van der Waals surface area contributed by atoms with Crippen LogP contribution in [0.1, 0.15) is 5.56 Å². The van der Waals surface area contributed by atoms with Crippen LogP contribution in [0.5, 0.6) is 11.5 Å². The molecule has 1 aliphatic heterocycles. The Bertz CT molecular complexity index is 838. The Morgan fingerprint density at radius 2 is 1.88 bits per heavy atom. The summed E-state index contributed by atoms with van der Waals surface area (Å²) in [4.78, 5) is 26.4. The van der Waals surface area contributed by atoms with Gasteiger partial charge in [0.25, 0.3) is 0 Å². The van der Waals surface area contributed by atoms with Gasteiger partial charge in [-0.05, 0) is 36.2 Å². The molecule has 1 unspecified atom stereocenters. The summed E-state index contributed by atoms with van der Waals surface area (Å²) in [5.41, 5.74) is 1.57. The predicted octanol–water partition coefficient (Wildman–Crippen LogP) is 2.84. The quantitative estimate of drug-likeness (QED) is 0.839. The number of carboxylic acids is 1. The molecule has 1 N–H and O–H groups in total. The molecule has 0 spiro atoms. The van der Waals surface area contributed by atoms with Gasteiger partial charge in [0.15, 0.2) is 11.5 Å². The van der Waals surface area contributed by atoms with Gasteiger partial charge in [-0.2, -0.15) is 0 Å². The van der Waals surface area contributed by atoms with Crippen molar-refractivity contribution in [3.63, 3.8) is 0 Å². The number of methoxy groups -OCH3 is 2. The van der Waals surface area contributed by atoms with Crippen LogP contribution in [0.25, 0.3) is 0 Å². The van der Waals surface area contributed by atoms with E-state index in [0.29, 0.717) is 23.6 Å². The van der Waals surface area contributed by atoms with Crippen LogP contribution in [0.15, 0.2) is 47.4 Å². The van der Waals surface area contributed by atoms with Crippen LogP contribution in [0, 0.1) is 0 Å². The van der Waals surface area contributed by atoms with Crippen molar-refractivity contribution in [3.8, 4) is 11.5 Å². The van der Waals surface area contributed by atoms with E-state index >= 15 is 0 Å². The lowest BCUT2D eigenvalue weighted by Gasteiger charge is -2.32. The number of rotatable bonds is 6. The van der Waals surface area contributed by atoms with Gasteiger partial charge >= 0.3 is 5.97 Å². The van der Waals surface area contributed by atoms with Gasteiger partial charge in [-0.25, -0.2) is 0 Å². The first kappa shape index (κ1) is 18.1. The Morgan fingerprint density at radius 3 is 2.58 bits per heavy atom. The Morgan fingerprint density at radius 1 is 1.15 bits per heavy atom. The summed E-state index contributed by atoms with van der Waals surface area (Å²) in [6.07, 6.45) is 0.467. The van der Waals surface area contributed by atoms with E-state index in [1.54, 1.807) is 32.4 Å². The van der Waals surface area contributed by atoms with Gasteiger partial charge < -0.3 is 14.6 Å². The molecule has 2 aromatic carbocycles. The number of hydrogen-bond acceptors (Lipinski definition) is 5. The van der Waals surface area contributed by atoms with Crippen LogP contribution in [0.4, 0.5) is 5.69 Å². The average Bonchev–Trinajstić information content (AvgIpc) is 2.64. The fourth-order valence-corrected chi connectivity index (χ4v) is 4.19. The predicted molar refractivity (Wildman–Crippen MR) is 99.3 cm³/mol. The molecule has 1 aliphatic rings. The summed E-state index contributed by atoms with van der Waals surface area (Å²) in [5, 5.41) is 8.78. The second kappa shape index (κ2) is 7.70. The van der Waals surface area contributed by atoms with Gasteiger partial charge in [0.1, 0.15) is 6.54 Å². The number of aliphatic carboxylic acids is 1. The van der Waals surface area contributed by atoms with Gasteiger partial charge in [-0.15, -0.1) is 11.8 Å². The molecule has 0 saturated carbocycles. The van der Waals surface area contributed by atoms with Crippen molar-refractivity contribution >= 4 is 29.3 Å². The topological polar surface area (TPSA) is 76.1 Å². The van der Waals surface area contributed by atoms with Crippen LogP contribution in [-0.4, -0.2) is 43.0 Å². The highest BCUT2D eigenvalue weighted by molar-refractivity contribution is 8.01. The molecule has 0 saturated heterocycles. The number of fused-ring (bicyclic) bond motifs is 1. The molecule has 0 aliphatic carbocycles. The average molecular weight is 373 g/mol. The summed E-state index contributed by atoms with van der Waals surface area (Å²) < 4.78 is 10.6. The Hall–Kier alpha value is -2.67. The third kappa shape index (κ3) is 3.62. The largest absolute Gasteiger partial charge is 0.493 e. The number of carbonyl (C=O) groups excluding carboxylic acids is 1. The van der Waals surface area contributed by atoms with Gasteiger partial charge in [-0.3, -0.25) is 14.5 Å². The molecule has 0 fully saturated rings. The maximum atomic E-state index is 12.9. The molecule has 1 amide bonds. The summed E-state index contributed by atoms with van der Waals surface area (Å²) in [6, 6.07) is 12.9. The lowest BCUT2D eigenvalue weighted by Crippen LogP contribution is -2.44. The minimum Gasteiger partial charge on any atom is -0.493 e. The van der Waals surface area contributed by atoms with Crippen LogP contribution >= 0.6 is 11.8 Å². The molecule has 26 heavy (non-hydrogen) atoms. The second-order valence-electron chi connectivity index (χ2n) is 5.79. The molecular formula is C19H19NO5S. The van der Waals surface area contributed by atoms with E-state index in [1.807, 2.05) is 24.3 Å². The first-order valence-electron chi connectivity index (χ1n) is 8.03. The molecule has 7 heteroatoms. The van der Waals surface area contributed by atoms with Crippen LogP contribution < -0.4 is 14.4 Å². The number of carbonyl (C=O) groups is 2. The molecule has 0 aromatic heterocycles. The number of ether oxygens (including phenoxy) is 2. The van der Waals surface area contributed by atoms with E-state index in [-0.39, 0.29) is 12.5 Å². The second-order valence-corrected chi connectivity index (χ2v) is 7.03. The Kier molecular flexibility index (Phi) is 5.37. The first-order chi connectivity index (χ1) is 12.5. The molecule has 6 nitrogen and oxygen atoms in total. The maximum Gasteiger partial charge on any atom is 0.323 e. The maximum absolute atomic E-state index is 12.9. The summed E-state index contributed by atoms with van der Waals surface area (Å²) in [7, 11) is 3.13. The highest BCUT2D eigenvalue weighted by Crippen LogP contribution is 2.40. The minimum atomic E-state index is -1.04. The van der Waals surface area contributed by atoms with Crippen molar-refractivity contribution in [2.24, 2.45) is 0 Å². The molecule has 1 atom stereocenters. The van der Waals surface area contributed by atoms with E-state index in [2.05, 4.69) is 0 Å². The molecular weight excluding hydrogens is 354 g/mol. The van der Waals surface area contributed by atoms with E-state index in [1.165, 1.54) is 16.7 Å². The number of benzene rings is 2. The van der Waals surface area contributed by atoms with Crippen LogP contribution in [0.3, 0.4) is 0 Å². The number of para-hydroxylation sites is 1. The number of amides is 1. The van der Waals surface area contributed by atoms with Crippen molar-refractivity contribution in [2.75, 3.05) is 25.7 Å².